The van der Waals surface area contributed by atoms with E-state index in [-0.39, 0.29) is 11.8 Å². The molecule has 21 heavy (non-hydrogen) atoms. The van der Waals surface area contributed by atoms with Gasteiger partial charge in [-0.25, -0.2) is 4.39 Å². The van der Waals surface area contributed by atoms with E-state index in [1.807, 2.05) is 13.8 Å². The Kier molecular flexibility index (Phi) is 6.62. The van der Waals surface area contributed by atoms with E-state index in [9.17, 15) is 9.18 Å². The van der Waals surface area contributed by atoms with Gasteiger partial charge in [-0.05, 0) is 57.0 Å². The van der Waals surface area contributed by atoms with Crippen molar-refractivity contribution in [1.29, 1.82) is 0 Å². The largest absolute Gasteiger partial charge is 0.493 e. The summed E-state index contributed by atoms with van der Waals surface area (Å²) in [5.74, 6) is 0.118. The number of aryl methyl sites for hydroxylation is 1. The van der Waals surface area contributed by atoms with E-state index in [1.165, 1.54) is 19.2 Å². The normalized spacial score (nSPS) is 13.6. The summed E-state index contributed by atoms with van der Waals surface area (Å²) in [7, 11) is 1.39. The average Bonchev–Trinajstić information content (AvgIpc) is 2.44. The molecule has 1 N–H and O–H groups in total. The molecule has 0 fully saturated rings. The lowest BCUT2D eigenvalue weighted by molar-refractivity contribution is -0.148. The molecular weight excluding hydrogens is 273 g/mol. The smallest absolute Gasteiger partial charge is 0.325 e. The first-order valence-corrected chi connectivity index (χ1v) is 7.15. The quantitative estimate of drug-likeness (QED) is 0.592. The van der Waals surface area contributed by atoms with Crippen LogP contribution in [0.15, 0.2) is 18.2 Å². The number of carbonyl (C=O) groups is 1. The van der Waals surface area contributed by atoms with E-state index in [1.54, 1.807) is 13.0 Å². The third-order valence-corrected chi connectivity index (χ3v) is 3.42. The topological polar surface area (TPSA) is 47.6 Å². The van der Waals surface area contributed by atoms with E-state index in [2.05, 4.69) is 5.32 Å². The lowest BCUT2D eigenvalue weighted by Crippen LogP contribution is -2.50. The van der Waals surface area contributed by atoms with Crippen molar-refractivity contribution >= 4 is 5.97 Å². The number of ether oxygens (including phenoxy) is 2. The molecule has 0 heterocycles. The molecule has 0 radical (unpaired) electrons. The summed E-state index contributed by atoms with van der Waals surface area (Å²) >= 11 is 0. The van der Waals surface area contributed by atoms with Crippen LogP contribution in [0, 0.1) is 12.7 Å². The minimum Gasteiger partial charge on any atom is -0.493 e. The second-order valence-corrected chi connectivity index (χ2v) is 5.22. The van der Waals surface area contributed by atoms with Crippen molar-refractivity contribution in [2.24, 2.45) is 0 Å². The van der Waals surface area contributed by atoms with Crippen LogP contribution in [-0.2, 0) is 9.53 Å². The van der Waals surface area contributed by atoms with Crippen molar-refractivity contribution < 1.29 is 18.7 Å². The van der Waals surface area contributed by atoms with Gasteiger partial charge < -0.3 is 14.8 Å². The Balaban J connectivity index is 2.49. The second-order valence-electron chi connectivity index (χ2n) is 5.22. The van der Waals surface area contributed by atoms with Crippen LogP contribution < -0.4 is 10.1 Å². The van der Waals surface area contributed by atoms with Crippen LogP contribution in [0.3, 0.4) is 0 Å². The Labute approximate surface area is 125 Å². The second kappa shape index (κ2) is 7.98. The summed E-state index contributed by atoms with van der Waals surface area (Å²) in [6.45, 7) is 6.72. The van der Waals surface area contributed by atoms with E-state index < -0.39 is 5.54 Å². The summed E-state index contributed by atoms with van der Waals surface area (Å²) in [5.41, 5.74) is 0.0578. The van der Waals surface area contributed by atoms with Crippen molar-refractivity contribution in [2.45, 2.75) is 39.2 Å². The summed E-state index contributed by atoms with van der Waals surface area (Å²) in [6, 6.07) is 4.43. The van der Waals surface area contributed by atoms with Gasteiger partial charge in [-0.15, -0.1) is 0 Å². The SMILES string of the molecule is CCNC(C)(CCCOc1ccc(F)cc1C)C(=O)OC. The molecular formula is C16H24FNO3. The van der Waals surface area contributed by atoms with Gasteiger partial charge in [-0.1, -0.05) is 6.92 Å². The zero-order chi connectivity index (χ0) is 15.9. The molecule has 0 spiro atoms. The number of benzene rings is 1. The zero-order valence-corrected chi connectivity index (χ0v) is 13.2. The highest BCUT2D eigenvalue weighted by atomic mass is 19.1. The summed E-state index contributed by atoms with van der Waals surface area (Å²) in [4.78, 5) is 11.8. The van der Waals surface area contributed by atoms with Crippen molar-refractivity contribution in [3.05, 3.63) is 29.6 Å². The lowest BCUT2D eigenvalue weighted by atomic mass is 9.96. The Morgan fingerprint density at radius 1 is 1.43 bits per heavy atom. The van der Waals surface area contributed by atoms with Gasteiger partial charge in [0.15, 0.2) is 0 Å². The number of methoxy groups -OCH3 is 1. The first-order valence-electron chi connectivity index (χ1n) is 7.15. The molecule has 118 valence electrons. The predicted molar refractivity (Wildman–Crippen MR) is 80.0 cm³/mol. The number of halogens is 1. The maximum Gasteiger partial charge on any atom is 0.325 e. The molecule has 1 aromatic rings. The molecule has 5 heteroatoms. The number of esters is 1. The van der Waals surface area contributed by atoms with Crippen LogP contribution in [0.1, 0.15) is 32.3 Å². The van der Waals surface area contributed by atoms with Gasteiger partial charge in [0.25, 0.3) is 0 Å². The first kappa shape index (κ1) is 17.4. The third-order valence-electron chi connectivity index (χ3n) is 3.42. The van der Waals surface area contributed by atoms with E-state index >= 15 is 0 Å². The maximum atomic E-state index is 13.0. The fourth-order valence-electron chi connectivity index (χ4n) is 2.26. The fourth-order valence-corrected chi connectivity index (χ4v) is 2.26. The Morgan fingerprint density at radius 2 is 2.14 bits per heavy atom. The molecule has 0 aliphatic rings. The van der Waals surface area contributed by atoms with Crippen LogP contribution in [0.2, 0.25) is 0 Å². The van der Waals surface area contributed by atoms with Crippen molar-refractivity contribution in [2.75, 3.05) is 20.3 Å². The molecule has 1 atom stereocenters. The standard InChI is InChI=1S/C16H24FNO3/c1-5-18-16(3,15(19)20-4)9-6-10-21-14-8-7-13(17)11-12(14)2/h7-8,11,18H,5-6,9-10H2,1-4H3. The Morgan fingerprint density at radius 3 is 2.71 bits per heavy atom. The maximum absolute atomic E-state index is 13.0. The Hall–Kier alpha value is -1.62. The third kappa shape index (κ3) is 5.01. The van der Waals surface area contributed by atoms with Gasteiger partial charge in [-0.2, -0.15) is 0 Å². The molecule has 1 unspecified atom stereocenters. The van der Waals surface area contributed by atoms with Gasteiger partial charge >= 0.3 is 5.97 Å². The van der Waals surface area contributed by atoms with Crippen molar-refractivity contribution in [3.63, 3.8) is 0 Å². The van der Waals surface area contributed by atoms with Gasteiger partial charge in [0.05, 0.1) is 13.7 Å². The summed E-state index contributed by atoms with van der Waals surface area (Å²) in [6.07, 6.45) is 1.29. The molecule has 0 amide bonds. The molecule has 4 nitrogen and oxygen atoms in total. The van der Waals surface area contributed by atoms with Crippen LogP contribution >= 0.6 is 0 Å². The summed E-state index contributed by atoms with van der Waals surface area (Å²) < 4.78 is 23.5. The van der Waals surface area contributed by atoms with Gasteiger partial charge in [-0.3, -0.25) is 4.79 Å². The van der Waals surface area contributed by atoms with E-state index in [4.69, 9.17) is 9.47 Å². The lowest BCUT2D eigenvalue weighted by Gasteiger charge is -2.27. The van der Waals surface area contributed by atoms with Crippen LogP contribution in [0.5, 0.6) is 5.75 Å². The summed E-state index contributed by atoms with van der Waals surface area (Å²) in [5, 5.41) is 3.15. The highest BCUT2D eigenvalue weighted by Crippen LogP contribution is 2.20. The molecule has 1 rings (SSSR count). The molecule has 0 saturated heterocycles. The number of nitrogens with one attached hydrogen (secondary N) is 1. The van der Waals surface area contributed by atoms with Crippen LogP contribution in [0.4, 0.5) is 4.39 Å². The minimum absolute atomic E-state index is 0.273. The molecule has 0 bridgehead atoms. The first-order chi connectivity index (χ1) is 9.92. The number of carbonyl (C=O) groups excluding carboxylic acids is 1. The molecule has 1 aromatic carbocycles. The monoisotopic (exact) mass is 297 g/mol. The molecule has 0 aliphatic heterocycles. The number of likely N-dealkylation sites (N-methyl/N-ethyl adjacent to an activating group) is 1. The van der Waals surface area contributed by atoms with E-state index in [0.717, 1.165) is 5.56 Å². The number of rotatable bonds is 8. The van der Waals surface area contributed by atoms with Crippen LogP contribution in [0.25, 0.3) is 0 Å². The minimum atomic E-state index is -0.704. The zero-order valence-electron chi connectivity index (χ0n) is 13.2. The highest BCUT2D eigenvalue weighted by Gasteiger charge is 2.32. The number of hydrogen-bond donors (Lipinski definition) is 1. The highest BCUT2D eigenvalue weighted by molar-refractivity contribution is 5.80. The van der Waals surface area contributed by atoms with Crippen molar-refractivity contribution in [3.8, 4) is 5.75 Å². The predicted octanol–water partition coefficient (Wildman–Crippen LogP) is 2.83. The average molecular weight is 297 g/mol. The van der Waals surface area contributed by atoms with Gasteiger partial charge in [0, 0.05) is 0 Å². The molecule has 0 aliphatic carbocycles. The number of hydrogen-bond acceptors (Lipinski definition) is 4. The molecule has 0 aromatic heterocycles. The Bertz CT molecular complexity index is 479. The fraction of sp³-hybridized carbons (Fsp3) is 0.562. The van der Waals surface area contributed by atoms with Crippen molar-refractivity contribution in [1.82, 2.24) is 5.32 Å². The van der Waals surface area contributed by atoms with Gasteiger partial charge in [0.2, 0.25) is 0 Å². The van der Waals surface area contributed by atoms with Crippen LogP contribution in [-0.4, -0.2) is 31.8 Å². The van der Waals surface area contributed by atoms with E-state index in [0.29, 0.717) is 31.7 Å². The van der Waals surface area contributed by atoms with Gasteiger partial charge in [0.1, 0.15) is 17.1 Å². The molecule has 0 saturated carbocycles.